The van der Waals surface area contributed by atoms with Gasteiger partial charge in [-0.15, -0.1) is 0 Å². The number of aromatic nitrogens is 2. The summed E-state index contributed by atoms with van der Waals surface area (Å²) in [6.07, 6.45) is 8.04. The minimum Gasteiger partial charge on any atom is -0.466 e. The van der Waals surface area contributed by atoms with Crippen molar-refractivity contribution < 1.29 is 13.7 Å². The van der Waals surface area contributed by atoms with E-state index in [9.17, 15) is 4.79 Å². The summed E-state index contributed by atoms with van der Waals surface area (Å²) < 4.78 is 11.0. The summed E-state index contributed by atoms with van der Waals surface area (Å²) in [5.74, 6) is 3.47. The zero-order valence-electron chi connectivity index (χ0n) is 16.9. The van der Waals surface area contributed by atoms with Crippen molar-refractivity contribution in [2.75, 3.05) is 13.1 Å². The molecular weight excluding hydrogens is 356 g/mol. The number of furan rings is 1. The molecule has 1 amide bonds. The van der Waals surface area contributed by atoms with Gasteiger partial charge in [0.2, 0.25) is 5.89 Å². The molecule has 0 radical (unpaired) electrons. The molecule has 1 N–H and O–H groups in total. The minimum atomic E-state index is -0.0388. The summed E-state index contributed by atoms with van der Waals surface area (Å²) >= 11 is 0. The summed E-state index contributed by atoms with van der Waals surface area (Å²) in [7, 11) is 0. The van der Waals surface area contributed by atoms with Crippen molar-refractivity contribution in [3.63, 3.8) is 0 Å². The lowest BCUT2D eigenvalue weighted by atomic mass is 9.89. The van der Waals surface area contributed by atoms with E-state index < -0.39 is 0 Å². The van der Waals surface area contributed by atoms with Gasteiger partial charge < -0.3 is 14.3 Å². The number of aryl methyl sites for hydroxylation is 2. The number of nitrogens with one attached hydrogen (secondary N) is 1. The van der Waals surface area contributed by atoms with E-state index in [4.69, 9.17) is 8.94 Å². The van der Waals surface area contributed by atoms with Gasteiger partial charge in [0.25, 0.3) is 5.91 Å². The summed E-state index contributed by atoms with van der Waals surface area (Å²) in [5, 5.41) is 7.34. The predicted octanol–water partition coefficient (Wildman–Crippen LogP) is 3.72. The van der Waals surface area contributed by atoms with Crippen LogP contribution in [0.2, 0.25) is 0 Å². The Labute approximate surface area is 165 Å². The smallest absolute Gasteiger partial charge is 0.255 e. The molecule has 152 valence electrons. The van der Waals surface area contributed by atoms with Gasteiger partial charge >= 0.3 is 0 Å². The third kappa shape index (κ3) is 4.46. The molecule has 4 rings (SSSR count). The van der Waals surface area contributed by atoms with Crippen LogP contribution in [0.25, 0.3) is 0 Å². The van der Waals surface area contributed by atoms with Crippen LogP contribution in [0, 0.1) is 13.8 Å². The molecule has 0 unspecified atom stereocenters. The van der Waals surface area contributed by atoms with E-state index in [0.29, 0.717) is 17.2 Å². The Balaban J connectivity index is 1.25. The first kappa shape index (κ1) is 19.2. The van der Waals surface area contributed by atoms with Crippen LogP contribution in [0.15, 0.2) is 15.0 Å². The maximum absolute atomic E-state index is 12.5. The summed E-state index contributed by atoms with van der Waals surface area (Å²) in [6.45, 7) is 6.25. The predicted molar refractivity (Wildman–Crippen MR) is 104 cm³/mol. The molecule has 7 heteroatoms. The summed E-state index contributed by atoms with van der Waals surface area (Å²) in [6, 6.07) is 2.00. The first-order valence-corrected chi connectivity index (χ1v) is 10.5. The van der Waals surface area contributed by atoms with Gasteiger partial charge in [0, 0.05) is 25.0 Å². The lowest BCUT2D eigenvalue weighted by Crippen LogP contribution is -2.44. The average molecular weight is 386 g/mol. The maximum Gasteiger partial charge on any atom is 0.255 e. The van der Waals surface area contributed by atoms with E-state index in [-0.39, 0.29) is 11.9 Å². The largest absolute Gasteiger partial charge is 0.466 e. The fourth-order valence-corrected chi connectivity index (χ4v) is 4.40. The fourth-order valence-electron chi connectivity index (χ4n) is 4.40. The number of hydrogen-bond acceptors (Lipinski definition) is 6. The van der Waals surface area contributed by atoms with E-state index in [1.807, 2.05) is 13.8 Å². The highest BCUT2D eigenvalue weighted by atomic mass is 16.5. The van der Waals surface area contributed by atoms with Gasteiger partial charge in [-0.25, -0.2) is 0 Å². The summed E-state index contributed by atoms with van der Waals surface area (Å²) in [4.78, 5) is 19.4. The number of likely N-dealkylation sites (tertiary alicyclic amines) is 1. The molecule has 28 heavy (non-hydrogen) atoms. The van der Waals surface area contributed by atoms with Crippen LogP contribution in [-0.2, 0) is 6.54 Å². The second kappa shape index (κ2) is 8.47. The molecule has 0 spiro atoms. The van der Waals surface area contributed by atoms with E-state index >= 15 is 0 Å². The number of carbonyl (C=O) groups excluding carboxylic acids is 1. The average Bonchev–Trinajstić information content (AvgIpc) is 3.30. The normalized spacial score (nSPS) is 19.8. The van der Waals surface area contributed by atoms with Gasteiger partial charge in [-0.3, -0.25) is 9.69 Å². The highest BCUT2D eigenvalue weighted by Crippen LogP contribution is 2.31. The molecule has 1 saturated heterocycles. The first-order chi connectivity index (χ1) is 13.6. The van der Waals surface area contributed by atoms with Crippen molar-refractivity contribution in [2.24, 2.45) is 0 Å². The Hall–Kier alpha value is -2.15. The van der Waals surface area contributed by atoms with Gasteiger partial charge in [-0.2, -0.15) is 4.98 Å². The Bertz CT molecular complexity index is 798. The number of hydrogen-bond donors (Lipinski definition) is 1. The molecule has 2 aromatic rings. The Morgan fingerprint density at radius 1 is 1.18 bits per heavy atom. The molecular formula is C21H30N4O3. The van der Waals surface area contributed by atoms with Crippen molar-refractivity contribution in [3.8, 4) is 0 Å². The van der Waals surface area contributed by atoms with Crippen LogP contribution >= 0.6 is 0 Å². The van der Waals surface area contributed by atoms with Gasteiger partial charge in [0.1, 0.15) is 11.5 Å². The van der Waals surface area contributed by atoms with E-state index in [0.717, 1.165) is 50.0 Å². The minimum absolute atomic E-state index is 0.0388. The Morgan fingerprint density at radius 3 is 2.61 bits per heavy atom. The standard InChI is InChI=1S/C21H30N4O3/c1-14-12-18(15(2)27-14)20(26)22-17-8-10-25(11-9-17)13-19-23-21(28-24-19)16-6-4-3-5-7-16/h12,16-17H,3-11,13H2,1-2H3,(H,22,26). The van der Waals surface area contributed by atoms with Crippen LogP contribution in [0.4, 0.5) is 0 Å². The van der Waals surface area contributed by atoms with E-state index in [1.165, 1.54) is 32.1 Å². The highest BCUT2D eigenvalue weighted by Gasteiger charge is 2.25. The number of piperidine rings is 1. The van der Waals surface area contributed by atoms with Crippen LogP contribution in [-0.4, -0.2) is 40.1 Å². The Morgan fingerprint density at radius 2 is 1.93 bits per heavy atom. The molecule has 1 aliphatic heterocycles. The van der Waals surface area contributed by atoms with Crippen molar-refractivity contribution >= 4 is 5.91 Å². The lowest BCUT2D eigenvalue weighted by Gasteiger charge is -2.31. The summed E-state index contributed by atoms with van der Waals surface area (Å²) in [5.41, 5.74) is 0.641. The lowest BCUT2D eigenvalue weighted by molar-refractivity contribution is 0.0906. The molecule has 3 heterocycles. The van der Waals surface area contributed by atoms with Crippen molar-refractivity contribution in [1.29, 1.82) is 0 Å². The number of amides is 1. The first-order valence-electron chi connectivity index (χ1n) is 10.5. The zero-order chi connectivity index (χ0) is 19.5. The number of nitrogens with zero attached hydrogens (tertiary/aromatic N) is 3. The van der Waals surface area contributed by atoms with E-state index in [1.54, 1.807) is 6.07 Å². The van der Waals surface area contributed by atoms with Gasteiger partial charge in [-0.05, 0) is 45.6 Å². The second-order valence-corrected chi connectivity index (χ2v) is 8.23. The molecule has 1 saturated carbocycles. The molecule has 1 aliphatic carbocycles. The van der Waals surface area contributed by atoms with E-state index in [2.05, 4.69) is 20.4 Å². The molecule has 0 bridgehead atoms. The quantitative estimate of drug-likeness (QED) is 0.843. The fraction of sp³-hybridized carbons (Fsp3) is 0.667. The molecule has 0 atom stereocenters. The SMILES string of the molecule is Cc1cc(C(=O)NC2CCN(Cc3noc(C4CCCCC4)n3)CC2)c(C)o1. The van der Waals surface area contributed by atoms with Crippen molar-refractivity contribution in [2.45, 2.75) is 77.3 Å². The van der Waals surface area contributed by atoms with Crippen molar-refractivity contribution in [1.82, 2.24) is 20.4 Å². The van der Waals surface area contributed by atoms with Crippen LogP contribution in [0.1, 0.15) is 84.5 Å². The van der Waals surface area contributed by atoms with Gasteiger partial charge in [0.15, 0.2) is 5.82 Å². The maximum atomic E-state index is 12.5. The van der Waals surface area contributed by atoms with Crippen LogP contribution in [0.3, 0.4) is 0 Å². The molecule has 2 aromatic heterocycles. The van der Waals surface area contributed by atoms with Gasteiger partial charge in [0.05, 0.1) is 12.1 Å². The van der Waals surface area contributed by atoms with Crippen LogP contribution in [0.5, 0.6) is 0 Å². The topological polar surface area (TPSA) is 84.4 Å². The molecule has 2 fully saturated rings. The Kier molecular flexibility index (Phi) is 5.80. The van der Waals surface area contributed by atoms with Crippen LogP contribution < -0.4 is 5.32 Å². The highest BCUT2D eigenvalue weighted by molar-refractivity contribution is 5.95. The monoisotopic (exact) mass is 386 g/mol. The number of carbonyl (C=O) groups is 1. The molecule has 7 nitrogen and oxygen atoms in total. The molecule has 2 aliphatic rings. The second-order valence-electron chi connectivity index (χ2n) is 8.23. The third-order valence-electron chi connectivity index (χ3n) is 6.01. The number of rotatable bonds is 5. The van der Waals surface area contributed by atoms with Crippen molar-refractivity contribution in [3.05, 3.63) is 34.9 Å². The zero-order valence-corrected chi connectivity index (χ0v) is 16.9. The molecule has 0 aromatic carbocycles. The third-order valence-corrected chi connectivity index (χ3v) is 6.01. The van der Waals surface area contributed by atoms with Gasteiger partial charge in [-0.1, -0.05) is 24.4 Å².